The van der Waals surface area contributed by atoms with Gasteiger partial charge in [-0.3, -0.25) is 57.5 Å². The molecule has 0 aromatic rings. The van der Waals surface area contributed by atoms with Crippen molar-refractivity contribution < 1.29 is 70.7 Å². The lowest BCUT2D eigenvalue weighted by Crippen LogP contribution is -2.65. The fourth-order valence-corrected chi connectivity index (χ4v) is 15.3. The standard InChI is InChI=1S/C67H108ClF3N12O12/c1-16-39(5)53-62(92)77(11)41(7)58(88)83-33-29-48(83)61(91)80(14)55(43-22-20-23-43)63(93)76(10)37-51(84)72-46(28-26-42-25-27-44(45(68)35-42)67(69,70)71)59(89)82-32-21-24-47(82)57(87)74-66(30-18-19-31-66)65(95)81(15)54(40(6)17-2)64(94)79(13)50(60(90)75(8)9)36-52(85)78(12)49(34-38(3)4)56(86)73-53/h38-50,53-55H,16-37H2,1-15H3,(H,72,84)(H,73,86)(H,74,87)/t39-,40-,41-,42?,44?,45?,46-,47-,48-,49-,50-,53-,54-,55-/m0/s1. The van der Waals surface area contributed by atoms with Gasteiger partial charge in [-0.2, -0.15) is 13.2 Å². The molecule has 3 aliphatic heterocycles. The lowest BCUT2D eigenvalue weighted by Gasteiger charge is -2.46. The largest absolute Gasteiger partial charge is 0.393 e. The molecule has 0 bridgehead atoms. The van der Waals surface area contributed by atoms with E-state index >= 15 is 14.4 Å². The molecule has 95 heavy (non-hydrogen) atoms. The number of likely N-dealkylation sites (N-methyl/N-ethyl adjacent to an activating group) is 7. The molecule has 3 heterocycles. The highest BCUT2D eigenvalue weighted by molar-refractivity contribution is 6.21. The molecule has 0 aromatic carbocycles. The van der Waals surface area contributed by atoms with Gasteiger partial charge in [0.05, 0.1) is 18.9 Å². The van der Waals surface area contributed by atoms with Crippen molar-refractivity contribution in [3.05, 3.63) is 0 Å². The number of carbonyl (C=O) groups is 12. The first-order valence-electron chi connectivity index (χ1n) is 34.5. The number of carbonyl (C=O) groups excluding carboxylic acids is 12. The van der Waals surface area contributed by atoms with Crippen LogP contribution in [0.2, 0.25) is 0 Å². The van der Waals surface area contributed by atoms with Crippen LogP contribution in [0.1, 0.15) is 170 Å². The molecule has 12 amide bonds. The number of nitrogens with zero attached hydrogens (tertiary/aromatic N) is 9. The van der Waals surface area contributed by atoms with Gasteiger partial charge in [0.15, 0.2) is 0 Å². The lowest BCUT2D eigenvalue weighted by atomic mass is 9.78. The smallest absolute Gasteiger partial charge is 0.347 e. The molecule has 28 heteroatoms. The van der Waals surface area contributed by atoms with E-state index in [9.17, 15) is 56.3 Å². The summed E-state index contributed by atoms with van der Waals surface area (Å²) in [6, 6.07) is -10.8. The van der Waals surface area contributed by atoms with Crippen molar-refractivity contribution in [1.29, 1.82) is 0 Å². The van der Waals surface area contributed by atoms with Gasteiger partial charge in [0.2, 0.25) is 70.9 Å². The summed E-state index contributed by atoms with van der Waals surface area (Å²) in [5, 5.41) is 7.52. The number of rotatable bonds is 11. The summed E-state index contributed by atoms with van der Waals surface area (Å²) in [4.78, 5) is 189. The molecule has 0 radical (unpaired) electrons. The third kappa shape index (κ3) is 17.7. The van der Waals surface area contributed by atoms with Gasteiger partial charge in [0.1, 0.15) is 59.9 Å². The van der Waals surface area contributed by atoms with Crippen molar-refractivity contribution in [3.63, 3.8) is 0 Å². The van der Waals surface area contributed by atoms with Crippen LogP contribution < -0.4 is 16.0 Å². The summed E-state index contributed by atoms with van der Waals surface area (Å²) in [7, 11) is 11.5. The van der Waals surface area contributed by atoms with Crippen LogP contribution in [0, 0.1) is 35.5 Å². The summed E-state index contributed by atoms with van der Waals surface area (Å²) in [5.74, 6) is -11.3. The molecule has 536 valence electrons. The van der Waals surface area contributed by atoms with E-state index in [1.54, 1.807) is 13.8 Å². The van der Waals surface area contributed by atoms with Crippen molar-refractivity contribution >= 4 is 82.5 Å². The average Bonchev–Trinajstić information content (AvgIpc) is 1.21. The topological polar surface area (TPSA) is 270 Å². The fourth-order valence-electron chi connectivity index (χ4n) is 14.8. The second-order valence-electron chi connectivity index (χ2n) is 28.9. The molecule has 0 aromatic heterocycles. The molecule has 3 aliphatic carbocycles. The SMILES string of the molecule is CC[C@H](C)[C@@H]1NC(=O)[C@H](CC(C)C)N(C)C(=O)C[C@@H](C(=O)N(C)C)N(C)C(=O)[C@H]([C@@H](C)CC)N(C)C(=O)C2(CCCC2)NC(=O)[C@@H]2CCCN2C(=O)[C@H](CCC2CCC(C(F)(F)F)C(Cl)C2)NC(=O)CN(C)C(=O)[C@H](C2CCC2)N(C)C(=O)[C@@H]2CCN2C(=O)[C@H](C)N(C)C1=O. The first-order chi connectivity index (χ1) is 44.4. The Balaban J connectivity index is 1.40. The zero-order chi connectivity index (χ0) is 71.0. The molecular weight excluding hydrogens is 1260 g/mol. The van der Waals surface area contributed by atoms with E-state index in [0.29, 0.717) is 44.9 Å². The number of nitrogens with one attached hydrogen (secondary N) is 3. The second-order valence-corrected chi connectivity index (χ2v) is 29.5. The zero-order valence-corrected chi connectivity index (χ0v) is 59.5. The number of hydrogen-bond donors (Lipinski definition) is 3. The summed E-state index contributed by atoms with van der Waals surface area (Å²) in [6.07, 6.45) is -0.119. The number of fused-ring (bicyclic) bond motifs is 2. The number of hydrogen-bond acceptors (Lipinski definition) is 12. The van der Waals surface area contributed by atoms with Crippen LogP contribution >= 0.6 is 11.6 Å². The molecule has 14 atom stereocenters. The van der Waals surface area contributed by atoms with Crippen LogP contribution in [0.5, 0.6) is 0 Å². The van der Waals surface area contributed by atoms with Gasteiger partial charge in [-0.1, -0.05) is 73.6 Å². The molecule has 6 fully saturated rings. The summed E-state index contributed by atoms with van der Waals surface area (Å²) in [6.45, 7) is 12.1. The van der Waals surface area contributed by atoms with E-state index in [1.165, 1.54) is 97.6 Å². The summed E-state index contributed by atoms with van der Waals surface area (Å²) < 4.78 is 41.8. The Morgan fingerprint density at radius 2 is 1.27 bits per heavy atom. The van der Waals surface area contributed by atoms with Crippen LogP contribution in [-0.2, 0) is 57.5 Å². The summed E-state index contributed by atoms with van der Waals surface area (Å²) in [5.41, 5.74) is -1.57. The maximum absolute atomic E-state index is 15.4. The predicted molar refractivity (Wildman–Crippen MR) is 349 cm³/mol. The van der Waals surface area contributed by atoms with Gasteiger partial charge in [0, 0.05) is 74.8 Å². The minimum absolute atomic E-state index is 0.00106. The van der Waals surface area contributed by atoms with Crippen molar-refractivity contribution in [2.24, 2.45) is 35.5 Å². The molecule has 3 saturated carbocycles. The van der Waals surface area contributed by atoms with Crippen molar-refractivity contribution in [2.45, 2.75) is 242 Å². The van der Waals surface area contributed by atoms with Gasteiger partial charge in [-0.05, 0) is 120 Å². The highest BCUT2D eigenvalue weighted by atomic mass is 35.5. The van der Waals surface area contributed by atoms with Crippen LogP contribution in [0.4, 0.5) is 13.2 Å². The molecule has 3 saturated heterocycles. The molecule has 6 rings (SSSR count). The van der Waals surface area contributed by atoms with E-state index < -0.39 is 173 Å². The predicted octanol–water partition coefficient (Wildman–Crippen LogP) is 4.39. The highest BCUT2D eigenvalue weighted by Crippen LogP contribution is 2.44. The van der Waals surface area contributed by atoms with Gasteiger partial charge < -0.3 is 60.0 Å². The van der Waals surface area contributed by atoms with E-state index in [2.05, 4.69) is 16.0 Å². The van der Waals surface area contributed by atoms with Gasteiger partial charge >= 0.3 is 6.18 Å². The first kappa shape index (κ1) is 77.7. The van der Waals surface area contributed by atoms with Gasteiger partial charge in [0.25, 0.3) is 0 Å². The number of amides is 12. The van der Waals surface area contributed by atoms with Crippen molar-refractivity contribution in [3.8, 4) is 0 Å². The quantitative estimate of drug-likeness (QED) is 0.243. The normalized spacial score (nSPS) is 31.0. The fraction of sp³-hybridized carbons (Fsp3) is 0.821. The van der Waals surface area contributed by atoms with E-state index in [4.69, 9.17) is 11.6 Å². The minimum Gasteiger partial charge on any atom is -0.347 e. The maximum Gasteiger partial charge on any atom is 0.393 e. The first-order valence-corrected chi connectivity index (χ1v) is 34.9. The molecular formula is C67H108ClF3N12O12. The van der Waals surface area contributed by atoms with Gasteiger partial charge in [-0.25, -0.2) is 0 Å². The molecule has 3 unspecified atom stereocenters. The Bertz CT molecular complexity index is 2820. The Morgan fingerprint density at radius 3 is 1.81 bits per heavy atom. The van der Waals surface area contributed by atoms with Crippen LogP contribution in [0.3, 0.4) is 0 Å². The Labute approximate surface area is 564 Å². The third-order valence-electron chi connectivity index (χ3n) is 21.8. The maximum atomic E-state index is 15.4. The lowest BCUT2D eigenvalue weighted by molar-refractivity contribution is -0.182. The minimum atomic E-state index is -4.51. The highest BCUT2D eigenvalue weighted by Gasteiger charge is 2.53. The number of alkyl halides is 4. The average molecular weight is 1370 g/mol. The van der Waals surface area contributed by atoms with Gasteiger partial charge in [-0.15, -0.1) is 11.6 Å². The number of halogens is 4. The third-order valence-corrected chi connectivity index (χ3v) is 22.3. The van der Waals surface area contributed by atoms with Crippen LogP contribution in [-0.4, -0.2) is 262 Å². The molecule has 24 nitrogen and oxygen atoms in total. The Morgan fingerprint density at radius 1 is 0.653 bits per heavy atom. The van der Waals surface area contributed by atoms with E-state index in [0.717, 1.165) is 16.2 Å². The monoisotopic (exact) mass is 1360 g/mol. The van der Waals surface area contributed by atoms with E-state index in [-0.39, 0.29) is 95.1 Å². The Hall–Kier alpha value is -6.28. The second kappa shape index (κ2) is 32.8. The van der Waals surface area contributed by atoms with Crippen LogP contribution in [0.25, 0.3) is 0 Å². The van der Waals surface area contributed by atoms with Crippen LogP contribution in [0.15, 0.2) is 0 Å². The Kier molecular flexibility index (Phi) is 26.9. The van der Waals surface area contributed by atoms with E-state index in [1.807, 2.05) is 27.7 Å². The zero-order valence-electron chi connectivity index (χ0n) is 58.7. The molecule has 3 N–H and O–H groups in total. The molecule has 1 spiro atoms. The van der Waals surface area contributed by atoms with Crippen molar-refractivity contribution in [2.75, 3.05) is 76.0 Å². The summed E-state index contributed by atoms with van der Waals surface area (Å²) >= 11 is 6.37. The molecule has 6 aliphatic rings. The van der Waals surface area contributed by atoms with Crippen molar-refractivity contribution in [1.82, 2.24) is 60.0 Å².